The summed E-state index contributed by atoms with van der Waals surface area (Å²) in [5.41, 5.74) is 1.37. The highest BCUT2D eigenvalue weighted by Crippen LogP contribution is 2.13. The second kappa shape index (κ2) is 9.11. The summed E-state index contributed by atoms with van der Waals surface area (Å²) in [6, 6.07) is 15.1. The van der Waals surface area contributed by atoms with E-state index in [-0.39, 0.29) is 12.4 Å². The number of thioether (sulfide) groups is 1. The van der Waals surface area contributed by atoms with Gasteiger partial charge in [0.05, 0.1) is 12.3 Å². The maximum Gasteiger partial charge on any atom is 0.118 e. The van der Waals surface area contributed by atoms with Crippen LogP contribution < -0.4 is 5.32 Å². The third-order valence-electron chi connectivity index (χ3n) is 3.01. The van der Waals surface area contributed by atoms with Gasteiger partial charge in [0.25, 0.3) is 0 Å². The van der Waals surface area contributed by atoms with Crippen LogP contribution in [0.15, 0.2) is 46.9 Å². The van der Waals surface area contributed by atoms with Crippen LogP contribution in [0.1, 0.15) is 24.0 Å². The summed E-state index contributed by atoms with van der Waals surface area (Å²) in [5.74, 6) is 3.02. The van der Waals surface area contributed by atoms with Crippen molar-refractivity contribution in [3.63, 3.8) is 0 Å². The van der Waals surface area contributed by atoms with Gasteiger partial charge in [-0.3, -0.25) is 0 Å². The molecular weight excluding hydrogens is 290 g/mol. The van der Waals surface area contributed by atoms with E-state index < -0.39 is 0 Å². The molecule has 1 unspecified atom stereocenters. The van der Waals surface area contributed by atoms with Gasteiger partial charge < -0.3 is 9.73 Å². The Morgan fingerprint density at radius 1 is 1.10 bits per heavy atom. The number of hydrogen-bond donors (Lipinski definition) is 1. The number of hydrogen-bond acceptors (Lipinski definition) is 3. The first-order chi connectivity index (χ1) is 9.28. The van der Waals surface area contributed by atoms with Gasteiger partial charge in [-0.15, -0.1) is 12.4 Å². The Morgan fingerprint density at radius 2 is 1.80 bits per heavy atom. The van der Waals surface area contributed by atoms with E-state index in [0.29, 0.717) is 6.04 Å². The average Bonchev–Trinajstić information content (AvgIpc) is 2.86. The highest BCUT2D eigenvalue weighted by atomic mass is 35.5. The lowest BCUT2D eigenvalue weighted by atomic mass is 10.1. The predicted molar refractivity (Wildman–Crippen MR) is 89.6 cm³/mol. The lowest BCUT2D eigenvalue weighted by Crippen LogP contribution is -2.27. The van der Waals surface area contributed by atoms with Crippen molar-refractivity contribution < 1.29 is 4.42 Å². The molecule has 2 aromatic rings. The average molecular weight is 312 g/mol. The minimum atomic E-state index is 0. The number of furan rings is 1. The van der Waals surface area contributed by atoms with Crippen molar-refractivity contribution in [1.29, 1.82) is 0 Å². The molecule has 0 saturated carbocycles. The van der Waals surface area contributed by atoms with E-state index in [9.17, 15) is 0 Å². The molecule has 1 heterocycles. The Morgan fingerprint density at radius 3 is 2.50 bits per heavy atom. The molecular formula is C16H22ClNOS. The summed E-state index contributed by atoms with van der Waals surface area (Å²) in [5, 5.41) is 3.50. The highest BCUT2D eigenvalue weighted by Gasteiger charge is 2.05. The molecule has 1 N–H and O–H groups in total. The molecule has 1 aromatic carbocycles. The van der Waals surface area contributed by atoms with Gasteiger partial charge in [0.15, 0.2) is 0 Å². The van der Waals surface area contributed by atoms with Crippen LogP contribution in [0, 0.1) is 0 Å². The first-order valence-electron chi connectivity index (χ1n) is 6.62. The maximum atomic E-state index is 5.74. The maximum absolute atomic E-state index is 5.74. The fourth-order valence-electron chi connectivity index (χ4n) is 2.05. The molecule has 0 bridgehead atoms. The van der Waals surface area contributed by atoms with Crippen molar-refractivity contribution in [2.75, 3.05) is 6.26 Å². The number of nitrogens with one attached hydrogen (secondary N) is 1. The minimum absolute atomic E-state index is 0. The van der Waals surface area contributed by atoms with Crippen LogP contribution in [0.25, 0.3) is 0 Å². The topological polar surface area (TPSA) is 25.2 Å². The van der Waals surface area contributed by atoms with Gasteiger partial charge in [0.1, 0.15) is 11.5 Å². The van der Waals surface area contributed by atoms with Crippen LogP contribution in [0.3, 0.4) is 0 Å². The zero-order valence-corrected chi connectivity index (χ0v) is 13.6. The molecule has 0 aliphatic carbocycles. The Bertz CT molecular complexity index is 486. The second-order valence-corrected chi connectivity index (χ2v) is 5.64. The molecule has 0 aliphatic heterocycles. The Kier molecular flexibility index (Phi) is 7.82. The quantitative estimate of drug-likeness (QED) is 0.826. The van der Waals surface area contributed by atoms with Gasteiger partial charge in [-0.05, 0) is 37.3 Å². The van der Waals surface area contributed by atoms with Gasteiger partial charge in [-0.2, -0.15) is 11.8 Å². The smallest absolute Gasteiger partial charge is 0.118 e. The van der Waals surface area contributed by atoms with Crippen molar-refractivity contribution in [3.05, 3.63) is 59.5 Å². The van der Waals surface area contributed by atoms with Crippen LogP contribution in [0.2, 0.25) is 0 Å². The molecule has 110 valence electrons. The van der Waals surface area contributed by atoms with Crippen LogP contribution in [-0.4, -0.2) is 12.3 Å². The normalized spacial score (nSPS) is 11.9. The van der Waals surface area contributed by atoms with Crippen molar-refractivity contribution in [3.8, 4) is 0 Å². The van der Waals surface area contributed by atoms with E-state index in [0.717, 1.165) is 30.2 Å². The van der Waals surface area contributed by atoms with Crippen LogP contribution in [0.5, 0.6) is 0 Å². The Balaban J connectivity index is 0.00000200. The van der Waals surface area contributed by atoms with Crippen molar-refractivity contribution >= 4 is 24.2 Å². The molecule has 1 atom stereocenters. The second-order valence-electron chi connectivity index (χ2n) is 4.77. The van der Waals surface area contributed by atoms with E-state index in [4.69, 9.17) is 4.42 Å². The van der Waals surface area contributed by atoms with E-state index in [1.165, 1.54) is 5.56 Å². The van der Waals surface area contributed by atoms with Gasteiger partial charge >= 0.3 is 0 Å². The molecule has 2 nitrogen and oxygen atoms in total. The van der Waals surface area contributed by atoms with E-state index in [2.05, 4.69) is 61.0 Å². The van der Waals surface area contributed by atoms with Gasteiger partial charge in [0, 0.05) is 6.04 Å². The minimum Gasteiger partial charge on any atom is -0.464 e. The summed E-state index contributed by atoms with van der Waals surface area (Å²) in [4.78, 5) is 0. The van der Waals surface area contributed by atoms with Crippen molar-refractivity contribution in [1.82, 2.24) is 5.32 Å². The first-order valence-corrected chi connectivity index (χ1v) is 8.01. The first kappa shape index (κ1) is 17.2. The predicted octanol–water partition coefficient (Wildman–Crippen LogP) is 4.29. The molecule has 0 saturated heterocycles. The summed E-state index contributed by atoms with van der Waals surface area (Å²) in [6.07, 6.45) is 3.13. The third kappa shape index (κ3) is 5.61. The summed E-state index contributed by atoms with van der Waals surface area (Å²) in [7, 11) is 0. The van der Waals surface area contributed by atoms with E-state index >= 15 is 0 Å². The zero-order chi connectivity index (χ0) is 13.5. The molecule has 1 aromatic heterocycles. The molecule has 0 aliphatic rings. The number of halogens is 1. The van der Waals surface area contributed by atoms with Crippen molar-refractivity contribution in [2.45, 2.75) is 31.7 Å². The molecule has 2 rings (SSSR count). The lowest BCUT2D eigenvalue weighted by molar-refractivity contribution is 0.437. The summed E-state index contributed by atoms with van der Waals surface area (Å²) in [6.45, 7) is 3.00. The molecule has 0 amide bonds. The highest BCUT2D eigenvalue weighted by molar-refractivity contribution is 7.97. The standard InChI is InChI=1S/C16H21NOS.ClH/c1-13(10-14-6-4-3-5-7-14)17-11-15-8-9-16(18-15)12-19-2;/h3-9,13,17H,10-12H2,1-2H3;1H. The largest absolute Gasteiger partial charge is 0.464 e. The molecule has 20 heavy (non-hydrogen) atoms. The van der Waals surface area contributed by atoms with Gasteiger partial charge in [-0.25, -0.2) is 0 Å². The number of benzene rings is 1. The van der Waals surface area contributed by atoms with E-state index in [1.54, 1.807) is 11.8 Å². The van der Waals surface area contributed by atoms with Crippen molar-refractivity contribution in [2.24, 2.45) is 0 Å². The Hall–Kier alpha value is -0.900. The van der Waals surface area contributed by atoms with Crippen LogP contribution in [0.4, 0.5) is 0 Å². The molecule has 4 heteroatoms. The monoisotopic (exact) mass is 311 g/mol. The summed E-state index contributed by atoms with van der Waals surface area (Å²) >= 11 is 1.78. The van der Waals surface area contributed by atoms with Gasteiger partial charge in [-0.1, -0.05) is 30.3 Å². The lowest BCUT2D eigenvalue weighted by Gasteiger charge is -2.12. The molecule has 0 spiro atoms. The SMILES string of the molecule is CSCc1ccc(CNC(C)Cc2ccccc2)o1.Cl. The molecule has 0 radical (unpaired) electrons. The van der Waals surface area contributed by atoms with Crippen LogP contribution >= 0.6 is 24.2 Å². The van der Waals surface area contributed by atoms with Gasteiger partial charge in [0.2, 0.25) is 0 Å². The third-order valence-corrected chi connectivity index (χ3v) is 3.59. The zero-order valence-electron chi connectivity index (χ0n) is 12.0. The fraction of sp³-hybridized carbons (Fsp3) is 0.375. The molecule has 0 fully saturated rings. The fourth-order valence-corrected chi connectivity index (χ4v) is 2.49. The van der Waals surface area contributed by atoms with E-state index in [1.807, 2.05) is 0 Å². The summed E-state index contributed by atoms with van der Waals surface area (Å²) < 4.78 is 5.74. The van der Waals surface area contributed by atoms with Crippen LogP contribution in [-0.2, 0) is 18.7 Å². The number of rotatable bonds is 7. The Labute approximate surface area is 131 Å².